The van der Waals surface area contributed by atoms with Gasteiger partial charge in [-0.1, -0.05) is 23.7 Å². The molecule has 0 atom stereocenters. The topological polar surface area (TPSA) is 111 Å². The molecule has 0 aliphatic rings. The number of aromatic nitrogens is 4. The summed E-state index contributed by atoms with van der Waals surface area (Å²) < 4.78 is 42.6. The van der Waals surface area contributed by atoms with E-state index in [0.717, 1.165) is 6.07 Å². The average molecular weight is 505 g/mol. The number of hydrogen-bond donors (Lipinski definition) is 2. The Labute approximate surface area is 200 Å². The molecule has 3 heterocycles. The molecule has 4 aromatic rings. The zero-order valence-corrected chi connectivity index (χ0v) is 18.7. The van der Waals surface area contributed by atoms with E-state index in [1.165, 1.54) is 42.0 Å². The minimum atomic E-state index is -4.82. The summed E-state index contributed by atoms with van der Waals surface area (Å²) in [5.41, 5.74) is 1.88. The smallest absolute Gasteiger partial charge is 0.406 e. The van der Waals surface area contributed by atoms with E-state index in [4.69, 9.17) is 11.6 Å². The van der Waals surface area contributed by atoms with E-state index in [2.05, 4.69) is 30.4 Å². The highest BCUT2D eigenvalue weighted by atomic mass is 35.5. The Kier molecular flexibility index (Phi) is 6.56. The molecule has 0 fully saturated rings. The maximum atomic E-state index is 12.7. The first kappa shape index (κ1) is 24.0. The van der Waals surface area contributed by atoms with Gasteiger partial charge in [0, 0.05) is 25.2 Å². The van der Waals surface area contributed by atoms with Crippen LogP contribution in [0.2, 0.25) is 5.15 Å². The van der Waals surface area contributed by atoms with Crippen LogP contribution >= 0.6 is 11.6 Å². The van der Waals surface area contributed by atoms with Crippen molar-refractivity contribution >= 4 is 34.9 Å². The molecule has 0 spiro atoms. The lowest BCUT2D eigenvalue weighted by molar-refractivity contribution is -0.274. The number of halogens is 4. The standard InChI is InChI=1S/C22H16ClF3N6O3/c1-12(33)29-18-11-32-19(30-18)6-5-17(31-32)14-8-16(20(23)27-10-14)21(34)28-9-13-3-2-4-15(7-13)35-22(24,25)26/h2-8,10-11H,9H2,1H3,(H,28,34)(H,29,33). The number of ether oxygens (including phenoxy) is 1. The molecule has 2 N–H and O–H groups in total. The summed E-state index contributed by atoms with van der Waals surface area (Å²) in [6.45, 7) is 1.29. The molecule has 0 saturated heterocycles. The summed E-state index contributed by atoms with van der Waals surface area (Å²) in [5.74, 6) is -0.913. The van der Waals surface area contributed by atoms with Crippen molar-refractivity contribution in [3.8, 4) is 17.0 Å². The van der Waals surface area contributed by atoms with Gasteiger partial charge in [0.25, 0.3) is 5.91 Å². The Morgan fingerprint density at radius 1 is 1.17 bits per heavy atom. The number of hydrogen-bond acceptors (Lipinski definition) is 6. The summed E-state index contributed by atoms with van der Waals surface area (Å²) in [6, 6.07) is 10.1. The lowest BCUT2D eigenvalue weighted by atomic mass is 10.1. The van der Waals surface area contributed by atoms with Crippen LogP contribution in [-0.4, -0.2) is 37.8 Å². The fraction of sp³-hybridized carbons (Fsp3) is 0.136. The van der Waals surface area contributed by atoms with Crippen molar-refractivity contribution in [2.24, 2.45) is 0 Å². The highest BCUT2D eigenvalue weighted by Gasteiger charge is 2.31. The lowest BCUT2D eigenvalue weighted by Gasteiger charge is -2.11. The van der Waals surface area contributed by atoms with Crippen molar-refractivity contribution in [3.63, 3.8) is 0 Å². The number of benzene rings is 1. The van der Waals surface area contributed by atoms with Crippen LogP contribution in [0.5, 0.6) is 5.75 Å². The Morgan fingerprint density at radius 3 is 2.71 bits per heavy atom. The molecule has 1 aromatic carbocycles. The van der Waals surface area contributed by atoms with Crippen LogP contribution in [0.1, 0.15) is 22.8 Å². The summed E-state index contributed by atoms with van der Waals surface area (Å²) in [5, 5.41) is 9.53. The van der Waals surface area contributed by atoms with Gasteiger partial charge in [-0.3, -0.25) is 9.59 Å². The fourth-order valence-corrected chi connectivity index (χ4v) is 3.34. The molecule has 9 nitrogen and oxygen atoms in total. The van der Waals surface area contributed by atoms with Gasteiger partial charge in [-0.25, -0.2) is 14.5 Å². The number of imidazole rings is 1. The number of fused-ring (bicyclic) bond motifs is 1. The van der Waals surface area contributed by atoms with Crippen LogP contribution in [0.15, 0.2) is 54.9 Å². The molecule has 13 heteroatoms. The molecular weight excluding hydrogens is 489 g/mol. The number of carbonyl (C=O) groups is 2. The number of amides is 2. The predicted octanol–water partition coefficient (Wildman–Crippen LogP) is 4.23. The van der Waals surface area contributed by atoms with E-state index in [9.17, 15) is 22.8 Å². The summed E-state index contributed by atoms with van der Waals surface area (Å²) >= 11 is 6.11. The van der Waals surface area contributed by atoms with E-state index < -0.39 is 18.0 Å². The third-order valence-electron chi connectivity index (χ3n) is 4.59. The minimum Gasteiger partial charge on any atom is -0.406 e. The van der Waals surface area contributed by atoms with Crippen LogP contribution in [0.3, 0.4) is 0 Å². The van der Waals surface area contributed by atoms with Crippen molar-refractivity contribution in [1.82, 2.24) is 24.9 Å². The molecule has 0 saturated carbocycles. The minimum absolute atomic E-state index is 0.0540. The van der Waals surface area contributed by atoms with Crippen LogP contribution in [0.4, 0.5) is 19.0 Å². The quantitative estimate of drug-likeness (QED) is 0.380. The van der Waals surface area contributed by atoms with E-state index in [-0.39, 0.29) is 23.2 Å². The van der Waals surface area contributed by atoms with Crippen molar-refractivity contribution in [1.29, 1.82) is 0 Å². The third kappa shape index (κ3) is 6.03. The van der Waals surface area contributed by atoms with Crippen LogP contribution in [0, 0.1) is 0 Å². The van der Waals surface area contributed by atoms with E-state index >= 15 is 0 Å². The molecule has 4 rings (SSSR count). The zero-order chi connectivity index (χ0) is 25.2. The fourth-order valence-electron chi connectivity index (χ4n) is 3.15. The number of carbonyl (C=O) groups excluding carboxylic acids is 2. The first-order valence-electron chi connectivity index (χ1n) is 10.0. The number of nitrogens with one attached hydrogen (secondary N) is 2. The predicted molar refractivity (Wildman–Crippen MR) is 120 cm³/mol. The summed E-state index contributed by atoms with van der Waals surface area (Å²) in [6.07, 6.45) is -1.84. The molecule has 35 heavy (non-hydrogen) atoms. The first-order valence-corrected chi connectivity index (χ1v) is 10.4. The van der Waals surface area contributed by atoms with E-state index in [1.54, 1.807) is 18.2 Å². The molecule has 180 valence electrons. The van der Waals surface area contributed by atoms with Gasteiger partial charge < -0.3 is 15.4 Å². The summed E-state index contributed by atoms with van der Waals surface area (Å²) in [7, 11) is 0. The van der Waals surface area contributed by atoms with Gasteiger partial charge in [-0.2, -0.15) is 5.10 Å². The van der Waals surface area contributed by atoms with E-state index in [1.807, 2.05) is 0 Å². The monoisotopic (exact) mass is 504 g/mol. The Morgan fingerprint density at radius 2 is 1.97 bits per heavy atom. The second kappa shape index (κ2) is 9.58. The van der Waals surface area contributed by atoms with Crippen LogP contribution in [0.25, 0.3) is 16.9 Å². The highest BCUT2D eigenvalue weighted by molar-refractivity contribution is 6.32. The lowest BCUT2D eigenvalue weighted by Crippen LogP contribution is -2.23. The Balaban J connectivity index is 1.52. The zero-order valence-electron chi connectivity index (χ0n) is 17.9. The van der Waals surface area contributed by atoms with Crippen molar-refractivity contribution in [2.75, 3.05) is 5.32 Å². The average Bonchev–Trinajstić information content (AvgIpc) is 3.17. The van der Waals surface area contributed by atoms with Gasteiger partial charge in [0.15, 0.2) is 11.5 Å². The summed E-state index contributed by atoms with van der Waals surface area (Å²) in [4.78, 5) is 32.2. The van der Waals surface area contributed by atoms with Gasteiger partial charge in [-0.15, -0.1) is 13.2 Å². The van der Waals surface area contributed by atoms with Gasteiger partial charge in [-0.05, 0) is 35.9 Å². The van der Waals surface area contributed by atoms with E-state index in [0.29, 0.717) is 28.3 Å². The van der Waals surface area contributed by atoms with Crippen molar-refractivity contribution in [3.05, 3.63) is 71.1 Å². The maximum absolute atomic E-state index is 12.7. The number of anilines is 1. The van der Waals surface area contributed by atoms with Crippen molar-refractivity contribution < 1.29 is 27.5 Å². The molecule has 3 aromatic heterocycles. The van der Waals surface area contributed by atoms with Gasteiger partial charge in [0.2, 0.25) is 5.91 Å². The normalized spacial score (nSPS) is 11.3. The number of pyridine rings is 1. The van der Waals surface area contributed by atoms with Crippen LogP contribution in [-0.2, 0) is 11.3 Å². The maximum Gasteiger partial charge on any atom is 0.573 e. The van der Waals surface area contributed by atoms with Gasteiger partial charge in [0.1, 0.15) is 10.9 Å². The number of alkyl halides is 3. The molecule has 0 aliphatic heterocycles. The Bertz CT molecular complexity index is 1420. The van der Waals surface area contributed by atoms with Gasteiger partial charge >= 0.3 is 6.36 Å². The third-order valence-corrected chi connectivity index (χ3v) is 4.89. The molecule has 0 unspecified atom stereocenters. The molecule has 0 radical (unpaired) electrons. The highest BCUT2D eigenvalue weighted by Crippen LogP contribution is 2.24. The Hall–Kier alpha value is -4.19. The molecule has 0 bridgehead atoms. The number of nitrogens with zero attached hydrogens (tertiary/aromatic N) is 4. The first-order chi connectivity index (χ1) is 16.6. The van der Waals surface area contributed by atoms with Gasteiger partial charge in [0.05, 0.1) is 17.5 Å². The molecular formula is C22H16ClF3N6O3. The molecule has 2 amide bonds. The van der Waals surface area contributed by atoms with Crippen LogP contribution < -0.4 is 15.4 Å². The molecule has 0 aliphatic carbocycles. The van der Waals surface area contributed by atoms with Crippen molar-refractivity contribution in [2.45, 2.75) is 19.8 Å². The second-order valence-electron chi connectivity index (χ2n) is 7.27. The SMILES string of the molecule is CC(=O)Nc1cn2nc(-c3cnc(Cl)c(C(=O)NCc4cccc(OC(F)(F)F)c4)c3)ccc2n1. The largest absolute Gasteiger partial charge is 0.573 e. The second-order valence-corrected chi connectivity index (χ2v) is 7.63. The number of rotatable bonds is 6.